The molecule has 1 aromatic carbocycles. The highest BCUT2D eigenvalue weighted by Gasteiger charge is 2.14. The molecular weight excluding hydrogens is 385 g/mol. The molecule has 3 heterocycles. The Morgan fingerprint density at radius 2 is 2.00 bits per heavy atom. The molecule has 9 heteroatoms. The number of thiophene rings is 1. The number of aromatic nitrogens is 5. The lowest BCUT2D eigenvalue weighted by atomic mass is 10.1. The van der Waals surface area contributed by atoms with Crippen LogP contribution in [0.1, 0.15) is 25.0 Å². The van der Waals surface area contributed by atoms with Gasteiger partial charge in [-0.1, -0.05) is 30.8 Å². The fourth-order valence-corrected chi connectivity index (χ4v) is 4.38. The van der Waals surface area contributed by atoms with Crippen molar-refractivity contribution in [1.29, 1.82) is 0 Å². The molecule has 0 saturated carbocycles. The lowest BCUT2D eigenvalue weighted by Crippen LogP contribution is -2.10. The van der Waals surface area contributed by atoms with E-state index in [9.17, 15) is 9.18 Å². The van der Waals surface area contributed by atoms with Gasteiger partial charge in [-0.2, -0.15) is 0 Å². The number of hydrogen-bond donors (Lipinski definition) is 2. The van der Waals surface area contributed by atoms with Crippen molar-refractivity contribution in [2.75, 3.05) is 0 Å². The molecule has 0 unspecified atom stereocenters. The lowest BCUT2D eigenvalue weighted by Gasteiger charge is -2.01. The van der Waals surface area contributed by atoms with Crippen molar-refractivity contribution in [3.8, 4) is 11.1 Å². The summed E-state index contributed by atoms with van der Waals surface area (Å²) in [5, 5.41) is 10.1. The van der Waals surface area contributed by atoms with Crippen LogP contribution in [0.3, 0.4) is 0 Å². The standard InChI is InChI=1S/C18H16FN5OS2/c1-2-3-13-22-18(24-23-13)27-9-14-20-16(25)15-12(8-26-17(15)21-14)10-4-6-11(19)7-5-10/h4-8H,2-3,9H2,1H3,(H,20,21,25)(H,22,23,24). The number of nitrogens with zero attached hydrogens (tertiary/aromatic N) is 3. The molecule has 0 radical (unpaired) electrons. The molecule has 3 aromatic heterocycles. The summed E-state index contributed by atoms with van der Waals surface area (Å²) in [5.74, 6) is 1.60. The highest BCUT2D eigenvalue weighted by Crippen LogP contribution is 2.31. The summed E-state index contributed by atoms with van der Waals surface area (Å²) < 4.78 is 13.2. The summed E-state index contributed by atoms with van der Waals surface area (Å²) >= 11 is 2.82. The minimum absolute atomic E-state index is 0.196. The van der Waals surface area contributed by atoms with Crippen LogP contribution in [0.25, 0.3) is 21.3 Å². The normalized spacial score (nSPS) is 11.3. The van der Waals surface area contributed by atoms with Crippen LogP contribution in [-0.2, 0) is 12.2 Å². The van der Waals surface area contributed by atoms with Crippen molar-refractivity contribution in [2.24, 2.45) is 0 Å². The van der Waals surface area contributed by atoms with Gasteiger partial charge in [-0.15, -0.1) is 16.4 Å². The first-order valence-corrected chi connectivity index (χ1v) is 10.3. The number of benzene rings is 1. The van der Waals surface area contributed by atoms with E-state index in [0.717, 1.165) is 29.8 Å². The zero-order valence-corrected chi connectivity index (χ0v) is 16.1. The van der Waals surface area contributed by atoms with E-state index in [0.29, 0.717) is 27.0 Å². The first-order valence-electron chi connectivity index (χ1n) is 8.44. The van der Waals surface area contributed by atoms with E-state index in [2.05, 4.69) is 32.1 Å². The summed E-state index contributed by atoms with van der Waals surface area (Å²) in [5.41, 5.74) is 1.36. The molecule has 6 nitrogen and oxygen atoms in total. The van der Waals surface area contributed by atoms with Crippen molar-refractivity contribution in [3.05, 3.63) is 57.5 Å². The predicted octanol–water partition coefficient (Wildman–Crippen LogP) is 4.15. The molecule has 4 rings (SSSR count). The van der Waals surface area contributed by atoms with E-state index >= 15 is 0 Å². The molecule has 4 aromatic rings. The van der Waals surface area contributed by atoms with Crippen molar-refractivity contribution < 1.29 is 4.39 Å². The number of fused-ring (bicyclic) bond motifs is 1. The molecule has 138 valence electrons. The molecule has 0 aliphatic carbocycles. The van der Waals surface area contributed by atoms with E-state index < -0.39 is 0 Å². The fraction of sp³-hybridized carbons (Fsp3) is 0.222. The minimum atomic E-state index is -0.307. The van der Waals surface area contributed by atoms with Crippen LogP contribution in [0.4, 0.5) is 4.39 Å². The molecule has 27 heavy (non-hydrogen) atoms. The van der Waals surface area contributed by atoms with Gasteiger partial charge in [0.15, 0.2) is 0 Å². The van der Waals surface area contributed by atoms with Crippen LogP contribution in [-0.4, -0.2) is 25.1 Å². The van der Waals surface area contributed by atoms with Gasteiger partial charge in [-0.3, -0.25) is 9.89 Å². The van der Waals surface area contributed by atoms with E-state index in [1.54, 1.807) is 12.1 Å². The average molecular weight is 401 g/mol. The summed E-state index contributed by atoms with van der Waals surface area (Å²) in [6.07, 6.45) is 1.86. The van der Waals surface area contributed by atoms with Crippen molar-refractivity contribution >= 4 is 33.3 Å². The highest BCUT2D eigenvalue weighted by atomic mass is 32.2. The van der Waals surface area contributed by atoms with Gasteiger partial charge in [-0.25, -0.2) is 14.4 Å². The Hall–Kier alpha value is -2.52. The molecule has 0 fully saturated rings. The van der Waals surface area contributed by atoms with Crippen molar-refractivity contribution in [2.45, 2.75) is 30.7 Å². The number of nitrogens with one attached hydrogen (secondary N) is 2. The van der Waals surface area contributed by atoms with Gasteiger partial charge < -0.3 is 4.98 Å². The third-order valence-electron chi connectivity index (χ3n) is 3.98. The second kappa shape index (κ2) is 7.61. The SMILES string of the molecule is CCCc1nc(SCc2nc3scc(-c4ccc(F)cc4)c3c(=O)[nH]2)n[nH]1. The molecule has 0 atom stereocenters. The first-order chi connectivity index (χ1) is 13.1. The molecular formula is C18H16FN5OS2. The number of aromatic amines is 2. The topological polar surface area (TPSA) is 87.3 Å². The first kappa shape index (κ1) is 17.9. The number of halogens is 1. The van der Waals surface area contributed by atoms with Gasteiger partial charge in [0.1, 0.15) is 22.3 Å². The van der Waals surface area contributed by atoms with Crippen molar-refractivity contribution in [1.82, 2.24) is 25.1 Å². The van der Waals surface area contributed by atoms with E-state index in [-0.39, 0.29) is 11.4 Å². The Labute approximate surface area is 162 Å². The van der Waals surface area contributed by atoms with Gasteiger partial charge >= 0.3 is 0 Å². The monoisotopic (exact) mass is 401 g/mol. The zero-order valence-electron chi connectivity index (χ0n) is 14.5. The Kier molecular flexibility index (Phi) is 5.04. The predicted molar refractivity (Wildman–Crippen MR) is 106 cm³/mol. The smallest absolute Gasteiger partial charge is 0.260 e. The van der Waals surface area contributed by atoms with Crippen molar-refractivity contribution in [3.63, 3.8) is 0 Å². The quantitative estimate of drug-likeness (QED) is 0.474. The van der Waals surface area contributed by atoms with Crippen LogP contribution in [0, 0.1) is 5.82 Å². The fourth-order valence-electron chi connectivity index (χ4n) is 2.73. The van der Waals surface area contributed by atoms with Gasteiger partial charge in [0.25, 0.3) is 5.56 Å². The molecule has 0 aliphatic rings. The van der Waals surface area contributed by atoms with E-state index in [1.165, 1.54) is 35.2 Å². The number of rotatable bonds is 6. The third-order valence-corrected chi connectivity index (χ3v) is 5.71. The lowest BCUT2D eigenvalue weighted by molar-refractivity contribution is 0.628. The van der Waals surface area contributed by atoms with Crippen LogP contribution < -0.4 is 5.56 Å². The van der Waals surface area contributed by atoms with E-state index in [1.807, 2.05) is 5.38 Å². The van der Waals surface area contributed by atoms with Crippen LogP contribution >= 0.6 is 23.1 Å². The summed E-state index contributed by atoms with van der Waals surface area (Å²) in [4.78, 5) is 25.1. The molecule has 0 aliphatic heterocycles. The second-order valence-corrected chi connectivity index (χ2v) is 7.75. The van der Waals surface area contributed by atoms with Gasteiger partial charge in [0.2, 0.25) is 5.16 Å². The maximum Gasteiger partial charge on any atom is 0.260 e. The Morgan fingerprint density at radius 3 is 2.78 bits per heavy atom. The molecule has 2 N–H and O–H groups in total. The number of aryl methyl sites for hydroxylation is 1. The third kappa shape index (κ3) is 3.79. The van der Waals surface area contributed by atoms with Crippen LogP contribution in [0.2, 0.25) is 0 Å². The maximum absolute atomic E-state index is 13.2. The minimum Gasteiger partial charge on any atom is -0.309 e. The second-order valence-electron chi connectivity index (χ2n) is 5.95. The Morgan fingerprint density at radius 1 is 1.19 bits per heavy atom. The largest absolute Gasteiger partial charge is 0.309 e. The van der Waals surface area contributed by atoms with Gasteiger partial charge in [0, 0.05) is 17.4 Å². The molecule has 0 bridgehead atoms. The maximum atomic E-state index is 13.2. The Balaban J connectivity index is 1.59. The molecule has 0 spiro atoms. The highest BCUT2D eigenvalue weighted by molar-refractivity contribution is 7.98. The summed E-state index contributed by atoms with van der Waals surface area (Å²) in [7, 11) is 0. The average Bonchev–Trinajstić information content (AvgIpc) is 3.28. The Bertz CT molecular complexity index is 1130. The van der Waals surface area contributed by atoms with Gasteiger partial charge in [-0.05, 0) is 24.1 Å². The summed E-state index contributed by atoms with van der Waals surface area (Å²) in [6, 6.07) is 6.10. The van der Waals surface area contributed by atoms with Crippen LogP contribution in [0.15, 0.2) is 39.6 Å². The summed E-state index contributed by atoms with van der Waals surface area (Å²) in [6.45, 7) is 2.08. The van der Waals surface area contributed by atoms with Gasteiger partial charge in [0.05, 0.1) is 11.1 Å². The van der Waals surface area contributed by atoms with Crippen LogP contribution in [0.5, 0.6) is 0 Å². The van der Waals surface area contributed by atoms with E-state index in [4.69, 9.17) is 0 Å². The number of H-pyrrole nitrogens is 2. The molecule has 0 saturated heterocycles. The molecule has 0 amide bonds. The number of thioether (sulfide) groups is 1. The zero-order chi connectivity index (χ0) is 18.8. The number of hydrogen-bond acceptors (Lipinski definition) is 6.